The lowest BCUT2D eigenvalue weighted by atomic mass is 10.1. The van der Waals surface area contributed by atoms with Crippen molar-refractivity contribution < 1.29 is 4.39 Å². The predicted molar refractivity (Wildman–Crippen MR) is 63.7 cm³/mol. The standard InChI is InChI=1S/C12H10ClFN2O/c1-8-2-3-10(14)6-9(8)7-16-5-4-15-11(13)12(16)17/h2-6H,7H2,1H3. The summed E-state index contributed by atoms with van der Waals surface area (Å²) in [5.74, 6) is -0.321. The second-order valence-electron chi connectivity index (χ2n) is 3.72. The first-order valence-corrected chi connectivity index (χ1v) is 5.41. The molecule has 0 bridgehead atoms. The predicted octanol–water partition coefficient (Wildman–Crippen LogP) is 2.39. The number of aryl methyl sites for hydroxylation is 1. The number of hydrogen-bond acceptors (Lipinski definition) is 2. The lowest BCUT2D eigenvalue weighted by molar-refractivity contribution is 0.621. The fourth-order valence-electron chi connectivity index (χ4n) is 1.54. The molecule has 0 atom stereocenters. The smallest absolute Gasteiger partial charge is 0.288 e. The molecule has 0 N–H and O–H groups in total. The molecule has 0 saturated carbocycles. The highest BCUT2D eigenvalue weighted by Gasteiger charge is 2.05. The Bertz CT molecular complexity index is 610. The Balaban J connectivity index is 2.41. The minimum absolute atomic E-state index is 0.0819. The van der Waals surface area contributed by atoms with Crippen molar-refractivity contribution >= 4 is 11.6 Å². The summed E-state index contributed by atoms with van der Waals surface area (Å²) >= 11 is 5.63. The molecular formula is C12H10ClFN2O. The van der Waals surface area contributed by atoms with E-state index in [1.165, 1.54) is 29.1 Å². The van der Waals surface area contributed by atoms with Crippen molar-refractivity contribution in [2.45, 2.75) is 13.5 Å². The molecule has 5 heteroatoms. The van der Waals surface area contributed by atoms with Crippen LogP contribution in [0.4, 0.5) is 4.39 Å². The van der Waals surface area contributed by atoms with E-state index in [0.29, 0.717) is 0 Å². The van der Waals surface area contributed by atoms with Gasteiger partial charge in [-0.25, -0.2) is 9.37 Å². The van der Waals surface area contributed by atoms with Crippen LogP contribution in [-0.4, -0.2) is 9.55 Å². The summed E-state index contributed by atoms with van der Waals surface area (Å²) in [4.78, 5) is 15.3. The molecule has 1 aromatic heterocycles. The molecule has 2 rings (SSSR count). The topological polar surface area (TPSA) is 34.9 Å². The van der Waals surface area contributed by atoms with Gasteiger partial charge in [-0.2, -0.15) is 0 Å². The molecule has 1 aromatic carbocycles. The lowest BCUT2D eigenvalue weighted by Gasteiger charge is -2.08. The van der Waals surface area contributed by atoms with Crippen molar-refractivity contribution in [3.8, 4) is 0 Å². The zero-order valence-electron chi connectivity index (χ0n) is 9.15. The molecule has 0 fully saturated rings. The highest BCUT2D eigenvalue weighted by molar-refractivity contribution is 6.29. The van der Waals surface area contributed by atoms with Crippen LogP contribution in [0.15, 0.2) is 35.4 Å². The Morgan fingerprint density at radius 2 is 2.24 bits per heavy atom. The Morgan fingerprint density at radius 3 is 3.00 bits per heavy atom. The van der Waals surface area contributed by atoms with Gasteiger partial charge in [-0.3, -0.25) is 4.79 Å². The lowest BCUT2D eigenvalue weighted by Crippen LogP contribution is -2.21. The van der Waals surface area contributed by atoms with Crippen LogP contribution in [0.5, 0.6) is 0 Å². The van der Waals surface area contributed by atoms with Crippen LogP contribution >= 0.6 is 11.6 Å². The van der Waals surface area contributed by atoms with Crippen molar-refractivity contribution in [1.82, 2.24) is 9.55 Å². The Hall–Kier alpha value is -1.68. The van der Waals surface area contributed by atoms with Crippen molar-refractivity contribution in [2.24, 2.45) is 0 Å². The fraction of sp³-hybridized carbons (Fsp3) is 0.167. The quantitative estimate of drug-likeness (QED) is 0.823. The van der Waals surface area contributed by atoms with E-state index in [9.17, 15) is 9.18 Å². The van der Waals surface area contributed by atoms with E-state index in [-0.39, 0.29) is 23.1 Å². The third-order valence-corrected chi connectivity index (χ3v) is 2.78. The first kappa shape index (κ1) is 11.8. The maximum absolute atomic E-state index is 13.1. The van der Waals surface area contributed by atoms with E-state index in [4.69, 9.17) is 11.6 Å². The molecule has 0 spiro atoms. The van der Waals surface area contributed by atoms with Gasteiger partial charge in [0.15, 0.2) is 5.15 Å². The zero-order chi connectivity index (χ0) is 12.4. The van der Waals surface area contributed by atoms with Crippen LogP contribution in [0.3, 0.4) is 0 Å². The molecule has 2 aromatic rings. The van der Waals surface area contributed by atoms with Crippen LogP contribution in [0, 0.1) is 12.7 Å². The molecular weight excluding hydrogens is 243 g/mol. The largest absolute Gasteiger partial charge is 0.307 e. The molecule has 0 amide bonds. The van der Waals surface area contributed by atoms with Gasteiger partial charge < -0.3 is 4.57 Å². The summed E-state index contributed by atoms with van der Waals surface area (Å²) < 4.78 is 14.5. The number of hydrogen-bond donors (Lipinski definition) is 0. The first-order valence-electron chi connectivity index (χ1n) is 5.04. The Morgan fingerprint density at radius 1 is 1.47 bits per heavy atom. The third-order valence-electron chi connectivity index (χ3n) is 2.52. The van der Waals surface area contributed by atoms with E-state index in [1.54, 1.807) is 6.07 Å². The van der Waals surface area contributed by atoms with Gasteiger partial charge in [0.05, 0.1) is 6.54 Å². The Kier molecular flexibility index (Phi) is 3.24. The molecule has 0 aliphatic heterocycles. The van der Waals surface area contributed by atoms with E-state index in [1.807, 2.05) is 6.92 Å². The molecule has 0 unspecified atom stereocenters. The van der Waals surface area contributed by atoms with Crippen molar-refractivity contribution in [1.29, 1.82) is 0 Å². The van der Waals surface area contributed by atoms with E-state index < -0.39 is 0 Å². The summed E-state index contributed by atoms with van der Waals surface area (Å²) in [6, 6.07) is 4.48. The van der Waals surface area contributed by atoms with Gasteiger partial charge in [0.2, 0.25) is 0 Å². The molecule has 88 valence electrons. The maximum Gasteiger partial charge on any atom is 0.288 e. The van der Waals surface area contributed by atoms with Gasteiger partial charge in [-0.15, -0.1) is 0 Å². The number of aromatic nitrogens is 2. The molecule has 17 heavy (non-hydrogen) atoms. The van der Waals surface area contributed by atoms with Crippen molar-refractivity contribution in [3.05, 3.63) is 63.0 Å². The second-order valence-corrected chi connectivity index (χ2v) is 4.08. The second kappa shape index (κ2) is 4.67. The third kappa shape index (κ3) is 2.53. The van der Waals surface area contributed by atoms with Gasteiger partial charge in [0.25, 0.3) is 5.56 Å². The van der Waals surface area contributed by atoms with Crippen molar-refractivity contribution in [3.63, 3.8) is 0 Å². The molecule has 0 radical (unpaired) electrons. The average molecular weight is 253 g/mol. The van der Waals surface area contributed by atoms with Gasteiger partial charge in [0.1, 0.15) is 5.82 Å². The maximum atomic E-state index is 13.1. The van der Waals surface area contributed by atoms with Gasteiger partial charge in [-0.05, 0) is 30.2 Å². The van der Waals surface area contributed by atoms with Crippen LogP contribution in [0.2, 0.25) is 5.15 Å². The number of rotatable bonds is 2. The van der Waals surface area contributed by atoms with Crippen molar-refractivity contribution in [2.75, 3.05) is 0 Å². The van der Waals surface area contributed by atoms with Crippen LogP contribution in [0.1, 0.15) is 11.1 Å². The SMILES string of the molecule is Cc1ccc(F)cc1Cn1ccnc(Cl)c1=O. The van der Waals surface area contributed by atoms with E-state index >= 15 is 0 Å². The molecule has 0 saturated heterocycles. The van der Waals surface area contributed by atoms with Gasteiger partial charge in [-0.1, -0.05) is 17.7 Å². The van der Waals surface area contributed by atoms with E-state index in [2.05, 4.69) is 4.98 Å². The normalized spacial score (nSPS) is 10.5. The summed E-state index contributed by atoms with van der Waals surface area (Å²) in [6.07, 6.45) is 2.97. The minimum atomic E-state index is -0.377. The highest BCUT2D eigenvalue weighted by atomic mass is 35.5. The minimum Gasteiger partial charge on any atom is -0.307 e. The summed E-state index contributed by atoms with van der Waals surface area (Å²) in [5.41, 5.74) is 1.29. The summed E-state index contributed by atoms with van der Waals surface area (Å²) in [6.45, 7) is 2.15. The first-order chi connectivity index (χ1) is 8.08. The molecule has 0 aliphatic rings. The number of halogens is 2. The van der Waals surface area contributed by atoms with Gasteiger partial charge >= 0.3 is 0 Å². The molecule has 3 nitrogen and oxygen atoms in total. The molecule has 0 aliphatic carbocycles. The summed E-state index contributed by atoms with van der Waals surface area (Å²) in [5, 5.41) is -0.0819. The van der Waals surface area contributed by atoms with E-state index in [0.717, 1.165) is 11.1 Å². The zero-order valence-corrected chi connectivity index (χ0v) is 9.91. The number of benzene rings is 1. The monoisotopic (exact) mass is 252 g/mol. The molecule has 1 heterocycles. The van der Waals surface area contributed by atoms with Crippen LogP contribution < -0.4 is 5.56 Å². The highest BCUT2D eigenvalue weighted by Crippen LogP contribution is 2.11. The van der Waals surface area contributed by atoms with Crippen LogP contribution in [0.25, 0.3) is 0 Å². The fourth-order valence-corrected chi connectivity index (χ4v) is 1.70. The average Bonchev–Trinajstić information content (AvgIpc) is 2.30. The van der Waals surface area contributed by atoms with Gasteiger partial charge in [0, 0.05) is 12.4 Å². The Labute approximate surface area is 102 Å². The number of nitrogens with zero attached hydrogens (tertiary/aromatic N) is 2. The summed E-state index contributed by atoms with van der Waals surface area (Å²) in [7, 11) is 0. The van der Waals surface area contributed by atoms with Crippen LogP contribution in [-0.2, 0) is 6.54 Å².